The molecule has 5 nitrogen and oxygen atoms in total. The van der Waals surface area contributed by atoms with Crippen LogP contribution in [0.25, 0.3) is 10.8 Å². The smallest absolute Gasteiger partial charge is 0.272 e. The van der Waals surface area contributed by atoms with E-state index >= 15 is 0 Å². The maximum absolute atomic E-state index is 13.6. The van der Waals surface area contributed by atoms with Gasteiger partial charge in [-0.1, -0.05) is 36.4 Å². The number of hydrogen-bond donors (Lipinski definition) is 2. The summed E-state index contributed by atoms with van der Waals surface area (Å²) in [5.74, 6) is -1.50. The molecule has 3 aromatic rings. The maximum Gasteiger partial charge on any atom is 0.272 e. The summed E-state index contributed by atoms with van der Waals surface area (Å²) in [6.45, 7) is 1.73. The van der Waals surface area contributed by atoms with E-state index in [1.165, 1.54) is 18.2 Å². The number of nitrogens with one attached hydrogen (secondary N) is 2. The fraction of sp³-hybridized carbons (Fsp3) is 0.143. The Hall–Kier alpha value is -3.41. The van der Waals surface area contributed by atoms with Crippen LogP contribution in [0, 0.1) is 5.82 Å². The Kier molecular flexibility index (Phi) is 5.35. The monoisotopic (exact) mass is 366 g/mol. The molecule has 6 heteroatoms. The fourth-order valence-electron chi connectivity index (χ4n) is 2.73. The average Bonchev–Trinajstić information content (AvgIpc) is 2.70. The van der Waals surface area contributed by atoms with Crippen LogP contribution in [-0.2, 0) is 4.79 Å². The van der Waals surface area contributed by atoms with Gasteiger partial charge in [-0.05, 0) is 47.5 Å². The van der Waals surface area contributed by atoms with Crippen molar-refractivity contribution in [3.63, 3.8) is 0 Å². The zero-order valence-electron chi connectivity index (χ0n) is 15.0. The molecule has 0 unspecified atom stereocenters. The number of carbonyl (C=O) groups is 2. The van der Waals surface area contributed by atoms with E-state index in [-0.39, 0.29) is 5.56 Å². The molecule has 27 heavy (non-hydrogen) atoms. The van der Waals surface area contributed by atoms with E-state index < -0.39 is 23.5 Å². The van der Waals surface area contributed by atoms with Gasteiger partial charge in [-0.2, -0.15) is 0 Å². The van der Waals surface area contributed by atoms with E-state index in [9.17, 15) is 14.0 Å². The van der Waals surface area contributed by atoms with Crippen molar-refractivity contribution in [2.24, 2.45) is 0 Å². The molecular formula is C21H19FN2O3. The van der Waals surface area contributed by atoms with Gasteiger partial charge in [-0.3, -0.25) is 20.4 Å². The fourth-order valence-corrected chi connectivity index (χ4v) is 2.73. The summed E-state index contributed by atoms with van der Waals surface area (Å²) in [7, 11) is 1.61. The van der Waals surface area contributed by atoms with Gasteiger partial charge >= 0.3 is 0 Å². The van der Waals surface area contributed by atoms with Crippen LogP contribution < -0.4 is 15.6 Å². The summed E-state index contributed by atoms with van der Waals surface area (Å²) in [6.07, 6.45) is 0. The zero-order chi connectivity index (χ0) is 19.4. The first kappa shape index (κ1) is 18.4. The van der Waals surface area contributed by atoms with Gasteiger partial charge in [0.2, 0.25) is 5.91 Å². The first-order chi connectivity index (χ1) is 13.0. The minimum atomic E-state index is -0.709. The Morgan fingerprint density at radius 1 is 0.963 bits per heavy atom. The van der Waals surface area contributed by atoms with Crippen molar-refractivity contribution < 1.29 is 18.7 Å². The topological polar surface area (TPSA) is 67.4 Å². The number of halogens is 1. The summed E-state index contributed by atoms with van der Waals surface area (Å²) in [5.41, 5.74) is 5.26. The SMILES string of the molecule is COc1ccc2cc([C@H](C)C(=O)NNC(=O)c3ccccc3F)ccc2c1. The third-order valence-electron chi connectivity index (χ3n) is 4.38. The minimum absolute atomic E-state index is 0.134. The van der Waals surface area contributed by atoms with Crippen LogP contribution in [0.5, 0.6) is 5.75 Å². The normalized spacial score (nSPS) is 11.7. The Bertz CT molecular complexity index is 1000. The van der Waals surface area contributed by atoms with Crippen molar-refractivity contribution >= 4 is 22.6 Å². The molecule has 1 atom stereocenters. The standard InChI is InChI=1S/C21H19FN2O3/c1-13(14-7-8-16-12-17(27-2)10-9-15(16)11-14)20(25)23-24-21(26)18-5-3-4-6-19(18)22/h3-13H,1-2H3,(H,23,25)(H,24,26)/t13-/m0/s1. The lowest BCUT2D eigenvalue weighted by molar-refractivity contribution is -0.123. The van der Waals surface area contributed by atoms with E-state index in [0.717, 1.165) is 22.1 Å². The molecule has 0 saturated carbocycles. The molecule has 0 aromatic heterocycles. The number of rotatable bonds is 4. The van der Waals surface area contributed by atoms with Crippen molar-refractivity contribution in [2.75, 3.05) is 7.11 Å². The van der Waals surface area contributed by atoms with Crippen molar-refractivity contribution in [2.45, 2.75) is 12.8 Å². The number of amides is 2. The highest BCUT2D eigenvalue weighted by Gasteiger charge is 2.17. The van der Waals surface area contributed by atoms with Crippen molar-refractivity contribution in [3.8, 4) is 5.75 Å². The molecule has 2 N–H and O–H groups in total. The molecule has 0 saturated heterocycles. The molecule has 0 spiro atoms. The van der Waals surface area contributed by atoms with E-state index in [1.807, 2.05) is 36.4 Å². The second kappa shape index (κ2) is 7.86. The van der Waals surface area contributed by atoms with Crippen molar-refractivity contribution in [1.29, 1.82) is 0 Å². The Labute approximate surface area is 156 Å². The Balaban J connectivity index is 1.69. The van der Waals surface area contributed by atoms with E-state index in [2.05, 4.69) is 10.9 Å². The summed E-state index contributed by atoms with van der Waals surface area (Å²) in [4.78, 5) is 24.3. The van der Waals surface area contributed by atoms with Crippen molar-refractivity contribution in [3.05, 3.63) is 77.6 Å². The summed E-state index contributed by atoms with van der Waals surface area (Å²) >= 11 is 0. The van der Waals surface area contributed by atoms with Crippen LogP contribution in [0.2, 0.25) is 0 Å². The number of hydrogen-bond acceptors (Lipinski definition) is 3. The van der Waals surface area contributed by atoms with Crippen LogP contribution in [0.3, 0.4) is 0 Å². The van der Waals surface area contributed by atoms with Gasteiger partial charge in [0.15, 0.2) is 0 Å². The highest BCUT2D eigenvalue weighted by molar-refractivity contribution is 5.96. The largest absolute Gasteiger partial charge is 0.497 e. The number of hydrazine groups is 1. The Morgan fingerprint density at radius 2 is 1.67 bits per heavy atom. The number of fused-ring (bicyclic) bond motifs is 1. The highest BCUT2D eigenvalue weighted by atomic mass is 19.1. The summed E-state index contributed by atoms with van der Waals surface area (Å²) in [6, 6.07) is 16.9. The first-order valence-corrected chi connectivity index (χ1v) is 8.42. The van der Waals surface area contributed by atoms with Gasteiger partial charge in [0.1, 0.15) is 11.6 Å². The van der Waals surface area contributed by atoms with Crippen molar-refractivity contribution in [1.82, 2.24) is 10.9 Å². The van der Waals surface area contributed by atoms with Gasteiger partial charge in [0, 0.05) is 0 Å². The molecule has 0 bridgehead atoms. The molecule has 138 valence electrons. The van der Waals surface area contributed by atoms with Gasteiger partial charge < -0.3 is 4.74 Å². The van der Waals surface area contributed by atoms with Crippen LogP contribution in [0.4, 0.5) is 4.39 Å². The number of methoxy groups -OCH3 is 1. The molecular weight excluding hydrogens is 347 g/mol. The summed E-state index contributed by atoms with van der Waals surface area (Å²) < 4.78 is 18.8. The van der Waals surface area contributed by atoms with Gasteiger partial charge in [-0.15, -0.1) is 0 Å². The first-order valence-electron chi connectivity index (χ1n) is 8.42. The second-order valence-corrected chi connectivity index (χ2v) is 6.12. The molecule has 0 heterocycles. The lowest BCUT2D eigenvalue weighted by Gasteiger charge is -2.14. The zero-order valence-corrected chi connectivity index (χ0v) is 15.0. The van der Waals surface area contributed by atoms with Gasteiger partial charge in [0.25, 0.3) is 5.91 Å². The van der Waals surface area contributed by atoms with E-state index in [1.54, 1.807) is 20.1 Å². The predicted octanol–water partition coefficient (Wildman–Crippen LogP) is 3.55. The number of benzene rings is 3. The quantitative estimate of drug-likeness (QED) is 0.694. The molecule has 0 aliphatic carbocycles. The van der Waals surface area contributed by atoms with E-state index in [4.69, 9.17) is 4.74 Å². The minimum Gasteiger partial charge on any atom is -0.497 e. The molecule has 0 radical (unpaired) electrons. The average molecular weight is 366 g/mol. The highest BCUT2D eigenvalue weighted by Crippen LogP contribution is 2.25. The Morgan fingerprint density at radius 3 is 2.41 bits per heavy atom. The second-order valence-electron chi connectivity index (χ2n) is 6.12. The van der Waals surface area contributed by atoms with Gasteiger partial charge in [0.05, 0.1) is 18.6 Å². The number of ether oxygens (including phenoxy) is 1. The molecule has 2 amide bonds. The number of carbonyl (C=O) groups excluding carboxylic acids is 2. The molecule has 0 fully saturated rings. The summed E-state index contributed by atoms with van der Waals surface area (Å²) in [5, 5.41) is 1.97. The van der Waals surface area contributed by atoms with E-state index in [0.29, 0.717) is 0 Å². The molecule has 3 aromatic carbocycles. The third-order valence-corrected chi connectivity index (χ3v) is 4.38. The van der Waals surface area contributed by atoms with Crippen LogP contribution >= 0.6 is 0 Å². The lowest BCUT2D eigenvalue weighted by atomic mass is 9.97. The van der Waals surface area contributed by atoms with Crippen LogP contribution in [-0.4, -0.2) is 18.9 Å². The van der Waals surface area contributed by atoms with Gasteiger partial charge in [-0.25, -0.2) is 4.39 Å². The maximum atomic E-state index is 13.6. The van der Waals surface area contributed by atoms with Crippen LogP contribution in [0.15, 0.2) is 60.7 Å². The third kappa shape index (κ3) is 4.06. The molecule has 0 aliphatic heterocycles. The lowest BCUT2D eigenvalue weighted by Crippen LogP contribution is -2.43. The molecule has 3 rings (SSSR count). The van der Waals surface area contributed by atoms with Crippen LogP contribution in [0.1, 0.15) is 28.8 Å². The molecule has 0 aliphatic rings. The predicted molar refractivity (Wildman–Crippen MR) is 101 cm³/mol.